The predicted octanol–water partition coefficient (Wildman–Crippen LogP) is 5.09. The molecule has 0 spiro atoms. The third kappa shape index (κ3) is 4.77. The number of carbonyl (C=O) groups is 1. The molecule has 5 rings (SSSR count). The highest BCUT2D eigenvalue weighted by atomic mass is 16.5. The molecule has 180 valence electrons. The molecule has 1 N–H and O–H groups in total. The van der Waals surface area contributed by atoms with Crippen LogP contribution in [0.5, 0.6) is 11.5 Å². The molecule has 0 bridgehead atoms. The summed E-state index contributed by atoms with van der Waals surface area (Å²) in [6, 6.07) is 23.2. The van der Waals surface area contributed by atoms with Crippen LogP contribution in [0.3, 0.4) is 0 Å². The predicted molar refractivity (Wildman–Crippen MR) is 139 cm³/mol. The first-order chi connectivity index (χ1) is 17.7. The van der Waals surface area contributed by atoms with Gasteiger partial charge in [0, 0.05) is 36.4 Å². The number of fused-ring (bicyclic) bond motifs is 1. The lowest BCUT2D eigenvalue weighted by Crippen LogP contribution is -2.24. The number of amides is 1. The fourth-order valence-electron chi connectivity index (χ4n) is 4.24. The van der Waals surface area contributed by atoms with Crippen molar-refractivity contribution < 1.29 is 14.3 Å². The summed E-state index contributed by atoms with van der Waals surface area (Å²) in [7, 11) is 3.20. The molecule has 3 aromatic carbocycles. The van der Waals surface area contributed by atoms with E-state index in [1.54, 1.807) is 26.7 Å². The van der Waals surface area contributed by atoms with E-state index in [0.717, 1.165) is 27.6 Å². The van der Waals surface area contributed by atoms with Crippen LogP contribution in [0.25, 0.3) is 22.2 Å². The number of pyridine rings is 1. The van der Waals surface area contributed by atoms with Crippen molar-refractivity contribution in [1.82, 2.24) is 19.9 Å². The highest BCUT2D eigenvalue weighted by Crippen LogP contribution is 2.33. The molecule has 0 saturated heterocycles. The summed E-state index contributed by atoms with van der Waals surface area (Å²) >= 11 is 0. The Morgan fingerprint density at radius 2 is 1.69 bits per heavy atom. The second-order valence-electron chi connectivity index (χ2n) is 8.33. The van der Waals surface area contributed by atoms with E-state index in [4.69, 9.17) is 14.5 Å². The molecule has 0 aliphatic rings. The number of para-hydroxylation sites is 1. The Hall–Kier alpha value is -4.65. The summed E-state index contributed by atoms with van der Waals surface area (Å²) in [4.78, 5) is 22.4. The van der Waals surface area contributed by atoms with E-state index < -0.39 is 0 Å². The summed E-state index contributed by atoms with van der Waals surface area (Å²) in [5, 5.41) is 3.91. The minimum atomic E-state index is -0.159. The van der Waals surface area contributed by atoms with Gasteiger partial charge >= 0.3 is 0 Å². The first kappa shape index (κ1) is 23.1. The van der Waals surface area contributed by atoms with Gasteiger partial charge in [0.25, 0.3) is 5.91 Å². The molecular weight excluding hydrogens is 452 g/mol. The molecule has 0 atom stereocenters. The molecule has 1 amide bonds. The number of aromatic nitrogens is 3. The van der Waals surface area contributed by atoms with Crippen LogP contribution in [0.2, 0.25) is 0 Å². The van der Waals surface area contributed by atoms with E-state index in [1.165, 1.54) is 0 Å². The van der Waals surface area contributed by atoms with Crippen molar-refractivity contribution in [3.8, 4) is 22.8 Å². The van der Waals surface area contributed by atoms with Gasteiger partial charge in [0.1, 0.15) is 0 Å². The maximum atomic E-state index is 13.5. The lowest BCUT2D eigenvalue weighted by atomic mass is 10.0. The molecule has 0 unspecified atom stereocenters. The highest BCUT2D eigenvalue weighted by Gasteiger charge is 2.16. The van der Waals surface area contributed by atoms with Crippen LogP contribution in [0.1, 0.15) is 21.5 Å². The quantitative estimate of drug-likeness (QED) is 0.336. The van der Waals surface area contributed by atoms with Gasteiger partial charge in [-0.15, -0.1) is 0 Å². The van der Waals surface area contributed by atoms with Crippen molar-refractivity contribution in [2.75, 3.05) is 14.2 Å². The number of rotatable bonds is 8. The zero-order chi connectivity index (χ0) is 24.9. The topological polar surface area (TPSA) is 78.3 Å². The Labute approximate surface area is 209 Å². The number of imidazole rings is 1. The van der Waals surface area contributed by atoms with Gasteiger partial charge in [-0.2, -0.15) is 0 Å². The first-order valence-corrected chi connectivity index (χ1v) is 11.6. The molecule has 0 saturated carbocycles. The number of nitrogens with one attached hydrogen (secondary N) is 1. The molecule has 0 fully saturated rings. The van der Waals surface area contributed by atoms with E-state index in [9.17, 15) is 4.79 Å². The zero-order valence-electron chi connectivity index (χ0n) is 20.1. The van der Waals surface area contributed by atoms with Crippen LogP contribution in [0.4, 0.5) is 0 Å². The SMILES string of the molecule is COc1ccc(-c2cc(C(=O)NCc3ccccc3Cn3ccnc3)c3ccccc3n2)cc1OC. The minimum absolute atomic E-state index is 0.159. The lowest BCUT2D eigenvalue weighted by molar-refractivity contribution is 0.0952. The average Bonchev–Trinajstić information content (AvgIpc) is 3.44. The van der Waals surface area contributed by atoms with Gasteiger partial charge in [-0.05, 0) is 41.5 Å². The van der Waals surface area contributed by atoms with Gasteiger partial charge in [0.05, 0.1) is 37.3 Å². The molecule has 0 radical (unpaired) electrons. The Balaban J connectivity index is 1.45. The molecule has 7 nitrogen and oxygen atoms in total. The Morgan fingerprint density at radius 3 is 2.47 bits per heavy atom. The monoisotopic (exact) mass is 478 g/mol. The van der Waals surface area contributed by atoms with Crippen LogP contribution in [0, 0.1) is 0 Å². The molecule has 2 aromatic heterocycles. The number of ether oxygens (including phenoxy) is 2. The van der Waals surface area contributed by atoms with E-state index >= 15 is 0 Å². The Kier molecular flexibility index (Phi) is 6.62. The maximum Gasteiger partial charge on any atom is 0.252 e. The van der Waals surface area contributed by atoms with E-state index in [0.29, 0.717) is 35.8 Å². The van der Waals surface area contributed by atoms with Gasteiger partial charge in [0.15, 0.2) is 11.5 Å². The van der Waals surface area contributed by atoms with Crippen molar-refractivity contribution in [3.05, 3.63) is 108 Å². The summed E-state index contributed by atoms with van der Waals surface area (Å²) in [5.74, 6) is 1.08. The van der Waals surface area contributed by atoms with E-state index in [-0.39, 0.29) is 5.91 Å². The molecule has 0 aliphatic carbocycles. The fourth-order valence-corrected chi connectivity index (χ4v) is 4.24. The molecule has 2 heterocycles. The number of nitrogens with zero attached hydrogens (tertiary/aromatic N) is 3. The smallest absolute Gasteiger partial charge is 0.252 e. The Morgan fingerprint density at radius 1 is 0.917 bits per heavy atom. The minimum Gasteiger partial charge on any atom is -0.493 e. The van der Waals surface area contributed by atoms with E-state index in [1.807, 2.05) is 77.5 Å². The van der Waals surface area contributed by atoms with Crippen LogP contribution in [-0.4, -0.2) is 34.7 Å². The van der Waals surface area contributed by atoms with Gasteiger partial charge < -0.3 is 19.4 Å². The van der Waals surface area contributed by atoms with Crippen LogP contribution < -0.4 is 14.8 Å². The van der Waals surface area contributed by atoms with Crippen molar-refractivity contribution >= 4 is 16.8 Å². The second kappa shape index (κ2) is 10.3. The third-order valence-corrected chi connectivity index (χ3v) is 6.11. The Bertz CT molecular complexity index is 1510. The summed E-state index contributed by atoms with van der Waals surface area (Å²) in [5.41, 5.74) is 5.01. The number of hydrogen-bond acceptors (Lipinski definition) is 5. The van der Waals surface area contributed by atoms with Crippen LogP contribution >= 0.6 is 0 Å². The second-order valence-corrected chi connectivity index (χ2v) is 8.33. The van der Waals surface area contributed by atoms with Crippen molar-refractivity contribution in [3.63, 3.8) is 0 Å². The van der Waals surface area contributed by atoms with Gasteiger partial charge in [-0.25, -0.2) is 9.97 Å². The largest absolute Gasteiger partial charge is 0.493 e. The number of carbonyl (C=O) groups excluding carboxylic acids is 1. The fraction of sp³-hybridized carbons (Fsp3) is 0.138. The number of benzene rings is 3. The molecule has 36 heavy (non-hydrogen) atoms. The normalized spacial score (nSPS) is 10.8. The molecule has 5 aromatic rings. The first-order valence-electron chi connectivity index (χ1n) is 11.6. The standard InChI is InChI=1S/C29H26N4O3/c1-35-27-12-11-20(15-28(27)36-2)26-16-24(23-9-5-6-10-25(23)32-26)29(34)31-17-21-7-3-4-8-22(21)18-33-14-13-30-19-33/h3-16,19H,17-18H2,1-2H3,(H,31,34). The summed E-state index contributed by atoms with van der Waals surface area (Å²) in [6.45, 7) is 1.10. The van der Waals surface area contributed by atoms with Crippen LogP contribution in [-0.2, 0) is 13.1 Å². The summed E-state index contributed by atoms with van der Waals surface area (Å²) in [6.07, 6.45) is 5.47. The van der Waals surface area contributed by atoms with Gasteiger partial charge in [0.2, 0.25) is 0 Å². The van der Waals surface area contributed by atoms with E-state index in [2.05, 4.69) is 16.4 Å². The van der Waals surface area contributed by atoms with Crippen molar-refractivity contribution in [2.24, 2.45) is 0 Å². The van der Waals surface area contributed by atoms with Crippen molar-refractivity contribution in [2.45, 2.75) is 13.1 Å². The number of methoxy groups -OCH3 is 2. The van der Waals surface area contributed by atoms with Crippen LogP contribution in [0.15, 0.2) is 91.5 Å². The third-order valence-electron chi connectivity index (χ3n) is 6.11. The molecule has 7 heteroatoms. The number of hydrogen-bond donors (Lipinski definition) is 1. The van der Waals surface area contributed by atoms with Gasteiger partial charge in [-0.3, -0.25) is 4.79 Å². The molecular formula is C29H26N4O3. The molecule has 0 aliphatic heterocycles. The highest BCUT2D eigenvalue weighted by molar-refractivity contribution is 6.07. The van der Waals surface area contributed by atoms with Crippen molar-refractivity contribution in [1.29, 1.82) is 0 Å². The lowest BCUT2D eigenvalue weighted by Gasteiger charge is -2.14. The maximum absolute atomic E-state index is 13.5. The summed E-state index contributed by atoms with van der Waals surface area (Å²) < 4.78 is 12.8. The average molecular weight is 479 g/mol. The zero-order valence-corrected chi connectivity index (χ0v) is 20.1. The van der Waals surface area contributed by atoms with Gasteiger partial charge in [-0.1, -0.05) is 42.5 Å².